The summed E-state index contributed by atoms with van der Waals surface area (Å²) < 4.78 is 76.2. The zero-order valence-corrected chi connectivity index (χ0v) is 23.8. The number of amides is 1. The average molecular weight is 592 g/mol. The van der Waals surface area contributed by atoms with Crippen molar-refractivity contribution in [1.82, 2.24) is 14.9 Å². The molecule has 1 aliphatic heterocycles. The van der Waals surface area contributed by atoms with Crippen molar-refractivity contribution in [3.05, 3.63) is 65.7 Å². The molecule has 13 heteroatoms. The van der Waals surface area contributed by atoms with Crippen LogP contribution in [0.5, 0.6) is 0 Å². The standard InChI is InChI=1S/C28H32F3N5O4S/c1-27(2,3)40-26(37)36-17-7-6-10-19-9-4-5-11-20(19)25-21(28(29,30)31)14-15-23(34-25)35-41(38,39)24-13-8-12-22(33-24)32-16-18-36/h4-5,8-9,11-15H,6-7,10,16-18H2,1-3H3,(H,32,33)(H,34,35). The first-order valence-corrected chi connectivity index (χ1v) is 14.6. The number of aryl methyl sites for hydroxylation is 1. The van der Waals surface area contributed by atoms with Crippen molar-refractivity contribution < 1.29 is 31.1 Å². The Balaban J connectivity index is 1.76. The van der Waals surface area contributed by atoms with Crippen molar-refractivity contribution in [2.24, 2.45) is 0 Å². The number of pyridine rings is 2. The maximum Gasteiger partial charge on any atom is 0.418 e. The molecule has 0 unspecified atom stereocenters. The molecule has 4 rings (SSSR count). The highest BCUT2D eigenvalue weighted by molar-refractivity contribution is 7.92. The number of hydrogen-bond donors (Lipinski definition) is 2. The lowest BCUT2D eigenvalue weighted by molar-refractivity contribution is -0.137. The summed E-state index contributed by atoms with van der Waals surface area (Å²) in [6.45, 7) is 6.19. The van der Waals surface area contributed by atoms with Crippen LogP contribution in [0.4, 0.5) is 29.6 Å². The molecule has 2 N–H and O–H groups in total. The zero-order chi connectivity index (χ0) is 29.8. The second kappa shape index (κ2) is 11.9. The van der Waals surface area contributed by atoms with Gasteiger partial charge in [-0.05, 0) is 69.9 Å². The minimum absolute atomic E-state index is 0.244. The van der Waals surface area contributed by atoms with Crippen LogP contribution in [0.25, 0.3) is 11.3 Å². The number of anilines is 2. The highest BCUT2D eigenvalue weighted by Gasteiger charge is 2.35. The molecular formula is C28H32F3N5O4S. The fourth-order valence-corrected chi connectivity index (χ4v) is 5.30. The third kappa shape index (κ3) is 7.87. The maximum atomic E-state index is 14.0. The lowest BCUT2D eigenvalue weighted by Crippen LogP contribution is -2.40. The molecule has 0 saturated carbocycles. The third-order valence-electron chi connectivity index (χ3n) is 6.17. The molecule has 0 aliphatic carbocycles. The Morgan fingerprint density at radius 3 is 2.41 bits per heavy atom. The minimum atomic E-state index is -4.72. The van der Waals surface area contributed by atoms with E-state index in [-0.39, 0.29) is 41.0 Å². The molecule has 220 valence electrons. The molecule has 0 radical (unpaired) electrons. The maximum absolute atomic E-state index is 14.0. The van der Waals surface area contributed by atoms with Crippen LogP contribution in [0.2, 0.25) is 0 Å². The van der Waals surface area contributed by atoms with Crippen LogP contribution in [0.15, 0.2) is 59.6 Å². The van der Waals surface area contributed by atoms with E-state index in [1.165, 1.54) is 18.2 Å². The van der Waals surface area contributed by atoms with Gasteiger partial charge in [0.25, 0.3) is 10.0 Å². The average Bonchev–Trinajstić information content (AvgIpc) is 2.88. The number of carbonyl (C=O) groups excluding carboxylic acids is 1. The molecule has 2 aromatic heterocycles. The van der Waals surface area contributed by atoms with Crippen LogP contribution in [0, 0.1) is 0 Å². The van der Waals surface area contributed by atoms with Gasteiger partial charge in [0.2, 0.25) is 0 Å². The summed E-state index contributed by atoms with van der Waals surface area (Å²) >= 11 is 0. The van der Waals surface area contributed by atoms with Crippen molar-refractivity contribution in [2.75, 3.05) is 29.7 Å². The van der Waals surface area contributed by atoms with E-state index in [4.69, 9.17) is 4.74 Å². The second-order valence-electron chi connectivity index (χ2n) is 10.6. The Bertz CT molecular complexity index is 1510. The van der Waals surface area contributed by atoms with Gasteiger partial charge in [0, 0.05) is 25.2 Å². The van der Waals surface area contributed by atoms with Gasteiger partial charge in [0.05, 0.1) is 11.3 Å². The van der Waals surface area contributed by atoms with Crippen molar-refractivity contribution >= 4 is 27.8 Å². The Morgan fingerprint density at radius 2 is 1.68 bits per heavy atom. The molecule has 0 spiro atoms. The largest absolute Gasteiger partial charge is 0.444 e. The number of halogens is 3. The number of hydrogen-bond acceptors (Lipinski definition) is 7. The molecular weight excluding hydrogens is 559 g/mol. The molecule has 1 aliphatic rings. The van der Waals surface area contributed by atoms with Crippen molar-refractivity contribution in [3.63, 3.8) is 0 Å². The van der Waals surface area contributed by atoms with E-state index in [0.29, 0.717) is 31.4 Å². The van der Waals surface area contributed by atoms with E-state index in [1.54, 1.807) is 49.9 Å². The summed E-state index contributed by atoms with van der Waals surface area (Å²) in [5.41, 5.74) is -1.21. The second-order valence-corrected chi connectivity index (χ2v) is 12.2. The molecule has 0 atom stereocenters. The van der Waals surface area contributed by atoms with Crippen LogP contribution in [0.1, 0.15) is 44.7 Å². The lowest BCUT2D eigenvalue weighted by atomic mass is 9.96. The van der Waals surface area contributed by atoms with Gasteiger partial charge >= 0.3 is 12.3 Å². The van der Waals surface area contributed by atoms with Gasteiger partial charge in [0.15, 0.2) is 5.03 Å². The molecule has 3 aromatic rings. The van der Waals surface area contributed by atoms with Gasteiger partial charge in [-0.25, -0.2) is 14.8 Å². The highest BCUT2D eigenvalue weighted by atomic mass is 32.2. The van der Waals surface area contributed by atoms with Gasteiger partial charge in [-0.2, -0.15) is 21.6 Å². The van der Waals surface area contributed by atoms with E-state index < -0.39 is 33.5 Å². The number of nitrogens with one attached hydrogen (secondary N) is 2. The number of alkyl halides is 3. The van der Waals surface area contributed by atoms with Gasteiger partial charge in [-0.15, -0.1) is 0 Å². The molecule has 1 amide bonds. The molecule has 0 fully saturated rings. The number of carbonyl (C=O) groups is 1. The number of aromatic nitrogens is 2. The Kier molecular flexibility index (Phi) is 8.76. The van der Waals surface area contributed by atoms with Crippen molar-refractivity contribution in [1.29, 1.82) is 0 Å². The first-order valence-electron chi connectivity index (χ1n) is 13.1. The van der Waals surface area contributed by atoms with Crippen LogP contribution < -0.4 is 10.0 Å². The number of ether oxygens (including phenoxy) is 1. The van der Waals surface area contributed by atoms with Gasteiger partial charge in [0.1, 0.15) is 17.2 Å². The minimum Gasteiger partial charge on any atom is -0.444 e. The molecule has 3 heterocycles. The summed E-state index contributed by atoms with van der Waals surface area (Å²) in [5.74, 6) is -0.0230. The Labute approximate surface area is 237 Å². The zero-order valence-electron chi connectivity index (χ0n) is 23.0. The number of sulfonamides is 1. The fourth-order valence-electron chi connectivity index (χ4n) is 4.33. The smallest absolute Gasteiger partial charge is 0.418 e. The van der Waals surface area contributed by atoms with Crippen LogP contribution in [-0.2, 0) is 27.4 Å². The monoisotopic (exact) mass is 591 g/mol. The van der Waals surface area contributed by atoms with Crippen LogP contribution in [-0.4, -0.2) is 54.6 Å². The van der Waals surface area contributed by atoms with E-state index >= 15 is 0 Å². The Hall–Kier alpha value is -3.87. The molecule has 4 bridgehead atoms. The van der Waals surface area contributed by atoms with Gasteiger partial charge in [-0.3, -0.25) is 4.72 Å². The topological polar surface area (TPSA) is 114 Å². The van der Waals surface area contributed by atoms with Gasteiger partial charge < -0.3 is 15.0 Å². The number of nitrogens with zero attached hydrogens (tertiary/aromatic N) is 3. The molecule has 0 saturated heterocycles. The number of benzene rings is 1. The third-order valence-corrected chi connectivity index (χ3v) is 7.43. The number of fused-ring (bicyclic) bond motifs is 6. The van der Waals surface area contributed by atoms with Crippen molar-refractivity contribution in [2.45, 2.75) is 56.8 Å². The summed E-state index contributed by atoms with van der Waals surface area (Å²) in [6.07, 6.45) is -3.67. The predicted octanol–water partition coefficient (Wildman–Crippen LogP) is 5.95. The Morgan fingerprint density at radius 1 is 0.927 bits per heavy atom. The van der Waals surface area contributed by atoms with E-state index in [2.05, 4.69) is 20.0 Å². The highest BCUT2D eigenvalue weighted by Crippen LogP contribution is 2.38. The SMILES string of the molecule is CC(C)(C)OC(=O)N1CCCCc2ccccc2-c2nc(ccc2C(F)(F)F)NS(=O)(=O)c2cccc(n2)NCC1. The van der Waals surface area contributed by atoms with Crippen molar-refractivity contribution in [3.8, 4) is 11.3 Å². The normalized spacial score (nSPS) is 16.3. The first-order chi connectivity index (χ1) is 19.2. The van der Waals surface area contributed by atoms with E-state index in [1.807, 2.05) is 0 Å². The first kappa shape index (κ1) is 30.1. The van der Waals surface area contributed by atoms with E-state index in [0.717, 1.165) is 12.1 Å². The summed E-state index contributed by atoms with van der Waals surface area (Å²) in [4.78, 5) is 22.7. The van der Waals surface area contributed by atoms with Gasteiger partial charge in [-0.1, -0.05) is 30.3 Å². The summed E-state index contributed by atoms with van der Waals surface area (Å²) in [5, 5.41) is 2.67. The fraction of sp³-hybridized carbons (Fsp3) is 0.393. The van der Waals surface area contributed by atoms with E-state index in [9.17, 15) is 26.4 Å². The van der Waals surface area contributed by atoms with Crippen LogP contribution in [0.3, 0.4) is 0 Å². The lowest BCUT2D eigenvalue weighted by Gasteiger charge is -2.27. The summed E-state index contributed by atoms with van der Waals surface area (Å²) in [6, 6.07) is 12.7. The molecule has 9 nitrogen and oxygen atoms in total. The van der Waals surface area contributed by atoms with Crippen LogP contribution >= 0.6 is 0 Å². The molecule has 41 heavy (non-hydrogen) atoms. The summed E-state index contributed by atoms with van der Waals surface area (Å²) in [7, 11) is -4.30. The predicted molar refractivity (Wildman–Crippen MR) is 149 cm³/mol. The quantitative estimate of drug-likeness (QED) is 0.332. The molecule has 1 aromatic carbocycles. The number of rotatable bonds is 0.